The number of likely N-dealkylation sites (N-methyl/N-ethyl adjacent to an activating group) is 1. The van der Waals surface area contributed by atoms with Crippen LogP contribution in [0.5, 0.6) is 0 Å². The molecule has 0 amide bonds. The minimum Gasteiger partial charge on any atom is -0.381 e. The van der Waals surface area contributed by atoms with Crippen molar-refractivity contribution in [3.8, 4) is 0 Å². The lowest BCUT2D eigenvalue weighted by Gasteiger charge is -2.43. The lowest BCUT2D eigenvalue weighted by Crippen LogP contribution is -2.57. The van der Waals surface area contributed by atoms with Crippen molar-refractivity contribution < 1.29 is 4.74 Å². The van der Waals surface area contributed by atoms with Crippen molar-refractivity contribution in [2.75, 3.05) is 47.4 Å². The Morgan fingerprint density at radius 1 is 1.28 bits per heavy atom. The van der Waals surface area contributed by atoms with Gasteiger partial charge in [0.05, 0.1) is 0 Å². The minimum absolute atomic E-state index is 0. The Hall–Kier alpha value is -0.570. The van der Waals surface area contributed by atoms with Gasteiger partial charge in [-0.3, -0.25) is 4.99 Å². The van der Waals surface area contributed by atoms with Gasteiger partial charge in [0.25, 0.3) is 0 Å². The predicted octanol–water partition coefficient (Wildman–Crippen LogP) is 2.78. The van der Waals surface area contributed by atoms with Gasteiger partial charge in [-0.25, -0.2) is 0 Å². The zero-order valence-electron chi connectivity index (χ0n) is 15.3. The van der Waals surface area contributed by atoms with Crippen molar-refractivity contribution in [3.63, 3.8) is 0 Å². The van der Waals surface area contributed by atoms with E-state index < -0.39 is 0 Å². The van der Waals surface area contributed by atoms with Crippen LogP contribution in [0.3, 0.4) is 0 Å². The number of halogens is 2. The summed E-state index contributed by atoms with van der Waals surface area (Å²) in [5.74, 6) is 0.838. The summed E-state index contributed by atoms with van der Waals surface area (Å²) >= 11 is 6.02. The minimum atomic E-state index is 0. The highest BCUT2D eigenvalue weighted by Crippen LogP contribution is 2.24. The molecule has 0 unspecified atom stereocenters. The van der Waals surface area contributed by atoms with Crippen molar-refractivity contribution in [1.29, 1.82) is 0 Å². The van der Waals surface area contributed by atoms with E-state index in [4.69, 9.17) is 16.3 Å². The molecule has 1 fully saturated rings. The molecule has 2 rings (SSSR count). The van der Waals surface area contributed by atoms with Gasteiger partial charge in [-0.2, -0.15) is 0 Å². The SMILES string of the molecule is CN=C(NCCc1cccc(Cl)c1)NCC1(N(C)C)CCOCC1.I. The molecule has 5 nitrogen and oxygen atoms in total. The molecule has 0 atom stereocenters. The normalized spacial score (nSPS) is 17.1. The average molecular weight is 481 g/mol. The van der Waals surface area contributed by atoms with E-state index in [-0.39, 0.29) is 29.5 Å². The van der Waals surface area contributed by atoms with Gasteiger partial charge >= 0.3 is 0 Å². The number of hydrogen-bond donors (Lipinski definition) is 2. The monoisotopic (exact) mass is 480 g/mol. The fraction of sp³-hybridized carbons (Fsp3) is 0.611. The summed E-state index contributed by atoms with van der Waals surface area (Å²) in [7, 11) is 6.09. The van der Waals surface area contributed by atoms with E-state index in [2.05, 4.69) is 40.7 Å². The smallest absolute Gasteiger partial charge is 0.191 e. The molecule has 142 valence electrons. The highest BCUT2D eigenvalue weighted by atomic mass is 127. The highest BCUT2D eigenvalue weighted by Gasteiger charge is 2.34. The second-order valence-corrected chi connectivity index (χ2v) is 6.90. The first-order valence-electron chi connectivity index (χ1n) is 8.50. The molecule has 1 aliphatic heterocycles. The van der Waals surface area contributed by atoms with Crippen molar-refractivity contribution >= 4 is 41.5 Å². The summed E-state index contributed by atoms with van der Waals surface area (Å²) in [4.78, 5) is 6.64. The molecule has 7 heteroatoms. The molecule has 0 aromatic heterocycles. The third kappa shape index (κ3) is 6.92. The number of rotatable bonds is 6. The summed E-state index contributed by atoms with van der Waals surface area (Å²) in [5, 5.41) is 7.63. The summed E-state index contributed by atoms with van der Waals surface area (Å²) in [6.07, 6.45) is 2.98. The lowest BCUT2D eigenvalue weighted by molar-refractivity contribution is -0.00500. The zero-order valence-corrected chi connectivity index (χ0v) is 18.4. The number of benzene rings is 1. The molecule has 0 radical (unpaired) electrons. The van der Waals surface area contributed by atoms with Crippen LogP contribution in [0.2, 0.25) is 5.02 Å². The highest BCUT2D eigenvalue weighted by molar-refractivity contribution is 14.0. The van der Waals surface area contributed by atoms with Gasteiger partial charge in [-0.05, 0) is 51.1 Å². The van der Waals surface area contributed by atoms with Crippen molar-refractivity contribution in [2.24, 2.45) is 4.99 Å². The molecule has 1 aromatic carbocycles. The topological polar surface area (TPSA) is 48.9 Å². The second kappa shape index (κ2) is 11.2. The first-order valence-corrected chi connectivity index (χ1v) is 8.88. The third-order valence-electron chi connectivity index (χ3n) is 4.78. The quantitative estimate of drug-likeness (QED) is 0.373. The molecule has 25 heavy (non-hydrogen) atoms. The fourth-order valence-electron chi connectivity index (χ4n) is 3.02. The standard InChI is InChI=1S/C18H29ClN4O.HI/c1-20-17(21-10-7-15-5-4-6-16(19)13-15)22-14-18(23(2)3)8-11-24-12-9-18;/h4-6,13H,7-12,14H2,1-3H3,(H2,20,21,22);1H. The molecule has 0 spiro atoms. The molecule has 1 aromatic rings. The Morgan fingerprint density at radius 2 is 2.00 bits per heavy atom. The Kier molecular flexibility index (Phi) is 10.1. The number of nitrogens with one attached hydrogen (secondary N) is 2. The largest absolute Gasteiger partial charge is 0.381 e. The van der Waals surface area contributed by atoms with Crippen molar-refractivity contribution in [3.05, 3.63) is 34.9 Å². The molecular formula is C18H30ClIN4O. The molecule has 0 saturated carbocycles. The Labute approximate surface area is 173 Å². The van der Waals surface area contributed by atoms with Crippen LogP contribution >= 0.6 is 35.6 Å². The van der Waals surface area contributed by atoms with Gasteiger partial charge in [0, 0.05) is 43.9 Å². The van der Waals surface area contributed by atoms with Crippen molar-refractivity contribution in [1.82, 2.24) is 15.5 Å². The van der Waals surface area contributed by atoms with Crippen LogP contribution in [0.4, 0.5) is 0 Å². The van der Waals surface area contributed by atoms with Crippen LogP contribution in [0, 0.1) is 0 Å². The Bertz CT molecular complexity index is 548. The number of guanidine groups is 1. The van der Waals surface area contributed by atoms with E-state index >= 15 is 0 Å². The Morgan fingerprint density at radius 3 is 2.60 bits per heavy atom. The molecular weight excluding hydrogens is 451 g/mol. The fourth-order valence-corrected chi connectivity index (χ4v) is 3.23. The summed E-state index contributed by atoms with van der Waals surface area (Å²) in [6.45, 7) is 3.32. The summed E-state index contributed by atoms with van der Waals surface area (Å²) in [6, 6.07) is 7.97. The molecule has 2 N–H and O–H groups in total. The number of aliphatic imine (C=N–C) groups is 1. The van der Waals surface area contributed by atoms with E-state index in [1.165, 1.54) is 5.56 Å². The predicted molar refractivity (Wildman–Crippen MR) is 116 cm³/mol. The van der Waals surface area contributed by atoms with Crippen LogP contribution in [-0.4, -0.2) is 63.8 Å². The average Bonchev–Trinajstić information content (AvgIpc) is 2.58. The van der Waals surface area contributed by atoms with Gasteiger partial charge in [0.15, 0.2) is 5.96 Å². The molecule has 1 heterocycles. The van der Waals surface area contributed by atoms with Crippen LogP contribution in [0.1, 0.15) is 18.4 Å². The Balaban J connectivity index is 0.00000312. The van der Waals surface area contributed by atoms with E-state index in [0.717, 1.165) is 56.5 Å². The van der Waals surface area contributed by atoms with Crippen molar-refractivity contribution in [2.45, 2.75) is 24.8 Å². The van der Waals surface area contributed by atoms with Crippen LogP contribution in [0.25, 0.3) is 0 Å². The summed E-state index contributed by atoms with van der Waals surface area (Å²) in [5.41, 5.74) is 1.35. The lowest BCUT2D eigenvalue weighted by atomic mass is 9.88. The first-order chi connectivity index (χ1) is 11.6. The maximum absolute atomic E-state index is 6.02. The van der Waals surface area contributed by atoms with Gasteiger partial charge < -0.3 is 20.3 Å². The summed E-state index contributed by atoms with van der Waals surface area (Å²) < 4.78 is 5.52. The molecule has 0 bridgehead atoms. The van der Waals surface area contributed by atoms with E-state index in [1.54, 1.807) is 7.05 Å². The van der Waals surface area contributed by atoms with Crippen LogP contribution < -0.4 is 10.6 Å². The maximum atomic E-state index is 6.02. The van der Waals surface area contributed by atoms with E-state index in [0.29, 0.717) is 0 Å². The van der Waals surface area contributed by atoms with Gasteiger partial charge in [0.2, 0.25) is 0 Å². The van der Waals surface area contributed by atoms with E-state index in [9.17, 15) is 0 Å². The van der Waals surface area contributed by atoms with E-state index in [1.807, 2.05) is 18.2 Å². The number of hydrogen-bond acceptors (Lipinski definition) is 3. The van der Waals surface area contributed by atoms with Gasteiger partial charge in [-0.15, -0.1) is 24.0 Å². The third-order valence-corrected chi connectivity index (χ3v) is 5.01. The van der Waals surface area contributed by atoms with Crippen LogP contribution in [0.15, 0.2) is 29.3 Å². The maximum Gasteiger partial charge on any atom is 0.191 e. The zero-order chi connectivity index (χ0) is 17.4. The van der Waals surface area contributed by atoms with Crippen LogP contribution in [-0.2, 0) is 11.2 Å². The number of ether oxygens (including phenoxy) is 1. The van der Waals surface area contributed by atoms with Gasteiger partial charge in [0.1, 0.15) is 0 Å². The molecule has 0 aliphatic carbocycles. The first kappa shape index (κ1) is 22.5. The molecule has 1 saturated heterocycles. The molecule has 1 aliphatic rings. The number of nitrogens with zero attached hydrogens (tertiary/aromatic N) is 2. The second-order valence-electron chi connectivity index (χ2n) is 6.46. The van der Waals surface area contributed by atoms with Gasteiger partial charge in [-0.1, -0.05) is 23.7 Å².